The van der Waals surface area contributed by atoms with Crippen LogP contribution in [-0.2, 0) is 5.79 Å². The Kier molecular flexibility index (Phi) is 7.93. The van der Waals surface area contributed by atoms with Crippen molar-refractivity contribution >= 4 is 11.4 Å². The van der Waals surface area contributed by atoms with E-state index in [0.29, 0.717) is 0 Å². The number of imidazole rings is 1. The fourth-order valence-corrected chi connectivity index (χ4v) is 7.04. The zero-order chi connectivity index (χ0) is 34.2. The quantitative estimate of drug-likeness (QED) is 0.170. The number of hydrogen-bond donors (Lipinski definition) is 0. The lowest BCUT2D eigenvalue weighted by Crippen LogP contribution is -2.31. The largest absolute Gasteiger partial charge is 0.275 e. The van der Waals surface area contributed by atoms with Gasteiger partial charge < -0.3 is 0 Å². The number of aryl methyl sites for hydroxylation is 4. The topological polar surface area (TPSA) is 42.5 Å². The normalized spacial score (nSPS) is 13.6. The van der Waals surface area contributed by atoms with Crippen LogP contribution in [0.1, 0.15) is 38.9 Å². The fourth-order valence-electron chi connectivity index (χ4n) is 7.04. The molecule has 1 aromatic heterocycles. The van der Waals surface area contributed by atoms with Crippen LogP contribution in [0.3, 0.4) is 0 Å². The van der Waals surface area contributed by atoms with Crippen LogP contribution < -0.4 is 0 Å². The van der Waals surface area contributed by atoms with Crippen molar-refractivity contribution in [1.82, 2.24) is 9.55 Å². The van der Waals surface area contributed by atoms with Crippen LogP contribution in [0.4, 0.5) is 0 Å². The van der Waals surface area contributed by atoms with Gasteiger partial charge in [-0.2, -0.15) is 0 Å². The summed E-state index contributed by atoms with van der Waals surface area (Å²) in [6.45, 7) is 8.54. The standard InChI is InChI=1S/C46H38N4/c1-31-16-13-22-36(28-31)41-42(37-23-14-17-32(2)29-37)49-46(48-41,39-25-9-6-10-26-39)50-44(38-24-15-18-33(3)30-38)43(40-27-12-11-19-34(40)4)47-45(50)35-20-7-5-8-21-35/h5-30H,1-4H3. The van der Waals surface area contributed by atoms with Gasteiger partial charge in [0.2, 0.25) is 0 Å². The highest BCUT2D eigenvalue weighted by Crippen LogP contribution is 2.47. The molecule has 0 unspecified atom stereocenters. The van der Waals surface area contributed by atoms with E-state index in [-0.39, 0.29) is 0 Å². The maximum Gasteiger partial charge on any atom is 0.261 e. The van der Waals surface area contributed by atoms with Crippen molar-refractivity contribution < 1.29 is 0 Å². The van der Waals surface area contributed by atoms with Gasteiger partial charge in [0.15, 0.2) is 0 Å². The third-order valence-corrected chi connectivity index (χ3v) is 9.42. The van der Waals surface area contributed by atoms with Crippen molar-refractivity contribution in [3.63, 3.8) is 0 Å². The number of nitrogens with zero attached hydrogens (tertiary/aromatic N) is 4. The van der Waals surface area contributed by atoms with Gasteiger partial charge in [-0.15, -0.1) is 0 Å². The van der Waals surface area contributed by atoms with Crippen molar-refractivity contribution in [2.24, 2.45) is 9.98 Å². The first-order chi connectivity index (χ1) is 24.4. The van der Waals surface area contributed by atoms with Crippen LogP contribution in [0.5, 0.6) is 0 Å². The zero-order valence-electron chi connectivity index (χ0n) is 28.8. The van der Waals surface area contributed by atoms with Crippen LogP contribution in [0.15, 0.2) is 168 Å². The molecule has 0 saturated carbocycles. The Morgan fingerprint density at radius 1 is 0.460 bits per heavy atom. The molecule has 242 valence electrons. The van der Waals surface area contributed by atoms with Gasteiger partial charge in [-0.1, -0.05) is 156 Å². The highest BCUT2D eigenvalue weighted by Gasteiger charge is 2.45. The molecule has 50 heavy (non-hydrogen) atoms. The highest BCUT2D eigenvalue weighted by atomic mass is 15.4. The molecule has 0 N–H and O–H groups in total. The fraction of sp³-hybridized carbons (Fsp3) is 0.109. The molecule has 2 heterocycles. The van der Waals surface area contributed by atoms with Gasteiger partial charge in [0.1, 0.15) is 5.82 Å². The van der Waals surface area contributed by atoms with E-state index in [4.69, 9.17) is 15.0 Å². The van der Waals surface area contributed by atoms with Crippen molar-refractivity contribution in [2.45, 2.75) is 33.5 Å². The SMILES string of the molecule is Cc1cccc(C2=NC(c3ccccc3)(n3c(-c4ccccc4)nc(-c4ccccc4C)c3-c3cccc(C)c3)N=C2c2cccc(C)c2)c1. The van der Waals surface area contributed by atoms with E-state index in [1.54, 1.807) is 0 Å². The van der Waals surface area contributed by atoms with Crippen LogP contribution >= 0.6 is 0 Å². The van der Waals surface area contributed by atoms with E-state index in [9.17, 15) is 0 Å². The van der Waals surface area contributed by atoms with Gasteiger partial charge in [0.05, 0.1) is 22.8 Å². The number of aliphatic imine (C=N–C) groups is 2. The lowest BCUT2D eigenvalue weighted by molar-refractivity contribution is 0.409. The Labute approximate surface area is 294 Å². The lowest BCUT2D eigenvalue weighted by Gasteiger charge is -2.30. The zero-order valence-corrected chi connectivity index (χ0v) is 28.8. The number of benzene rings is 6. The van der Waals surface area contributed by atoms with Crippen molar-refractivity contribution in [3.8, 4) is 33.9 Å². The first-order valence-corrected chi connectivity index (χ1v) is 17.1. The summed E-state index contributed by atoms with van der Waals surface area (Å²) in [7, 11) is 0. The van der Waals surface area contributed by atoms with Gasteiger partial charge in [-0.25, -0.2) is 15.0 Å². The van der Waals surface area contributed by atoms with E-state index >= 15 is 0 Å². The first-order valence-electron chi connectivity index (χ1n) is 17.1. The van der Waals surface area contributed by atoms with Gasteiger partial charge in [0.25, 0.3) is 5.79 Å². The lowest BCUT2D eigenvalue weighted by atomic mass is 9.98. The van der Waals surface area contributed by atoms with E-state index < -0.39 is 5.79 Å². The van der Waals surface area contributed by atoms with Crippen molar-refractivity contribution in [1.29, 1.82) is 0 Å². The monoisotopic (exact) mass is 646 g/mol. The molecule has 6 aromatic carbocycles. The second-order valence-electron chi connectivity index (χ2n) is 13.2. The van der Waals surface area contributed by atoms with Gasteiger partial charge in [-0.3, -0.25) is 4.57 Å². The van der Waals surface area contributed by atoms with Crippen molar-refractivity contribution in [2.75, 3.05) is 0 Å². The Morgan fingerprint density at radius 3 is 1.50 bits per heavy atom. The number of hydrogen-bond acceptors (Lipinski definition) is 3. The van der Waals surface area contributed by atoms with E-state index in [1.807, 2.05) is 6.07 Å². The molecule has 1 aliphatic heterocycles. The Morgan fingerprint density at radius 2 is 0.940 bits per heavy atom. The molecule has 0 amide bonds. The second kappa shape index (κ2) is 12.7. The highest BCUT2D eigenvalue weighted by molar-refractivity contribution is 6.54. The minimum Gasteiger partial charge on any atom is -0.275 e. The van der Waals surface area contributed by atoms with E-state index in [1.165, 1.54) is 16.7 Å². The Bertz CT molecular complexity index is 2350. The van der Waals surface area contributed by atoms with Gasteiger partial charge >= 0.3 is 0 Å². The number of rotatable bonds is 7. The second-order valence-corrected chi connectivity index (χ2v) is 13.2. The summed E-state index contributed by atoms with van der Waals surface area (Å²) in [4.78, 5) is 17.2. The molecule has 8 rings (SSSR count). The maximum absolute atomic E-state index is 5.82. The summed E-state index contributed by atoms with van der Waals surface area (Å²) in [6, 6.07) is 55.3. The molecule has 1 aliphatic rings. The summed E-state index contributed by atoms with van der Waals surface area (Å²) in [6.07, 6.45) is 0. The molecule has 4 nitrogen and oxygen atoms in total. The summed E-state index contributed by atoms with van der Waals surface area (Å²) < 4.78 is 2.30. The minimum atomic E-state index is -1.22. The molecule has 0 fully saturated rings. The summed E-state index contributed by atoms with van der Waals surface area (Å²) in [5, 5.41) is 0. The average molecular weight is 647 g/mol. The predicted molar refractivity (Wildman–Crippen MR) is 207 cm³/mol. The van der Waals surface area contributed by atoms with Crippen LogP contribution in [-0.4, -0.2) is 21.0 Å². The van der Waals surface area contributed by atoms with Crippen LogP contribution in [0, 0.1) is 27.7 Å². The average Bonchev–Trinajstić information content (AvgIpc) is 3.74. The first kappa shape index (κ1) is 31.2. The summed E-state index contributed by atoms with van der Waals surface area (Å²) in [5.74, 6) is -0.428. The van der Waals surface area contributed by atoms with Crippen molar-refractivity contribution in [3.05, 3.63) is 197 Å². The summed E-state index contributed by atoms with van der Waals surface area (Å²) >= 11 is 0. The Hall–Kier alpha value is -6.13. The molecule has 0 atom stereocenters. The molecule has 0 radical (unpaired) electrons. The van der Waals surface area contributed by atoms with E-state index in [0.717, 1.165) is 67.6 Å². The molecule has 0 spiro atoms. The number of aromatic nitrogens is 2. The molecule has 0 saturated heterocycles. The third-order valence-electron chi connectivity index (χ3n) is 9.42. The summed E-state index contributed by atoms with van der Waals surface area (Å²) in [5.41, 5.74) is 14.3. The predicted octanol–water partition coefficient (Wildman–Crippen LogP) is 10.8. The maximum atomic E-state index is 5.82. The van der Waals surface area contributed by atoms with Crippen LogP contribution in [0.25, 0.3) is 33.9 Å². The Balaban J connectivity index is 1.58. The smallest absolute Gasteiger partial charge is 0.261 e. The molecule has 0 bridgehead atoms. The van der Waals surface area contributed by atoms with Gasteiger partial charge in [0, 0.05) is 33.4 Å². The minimum absolute atomic E-state index is 0.797. The van der Waals surface area contributed by atoms with Gasteiger partial charge in [-0.05, 0) is 51.5 Å². The molecule has 0 aliphatic carbocycles. The van der Waals surface area contributed by atoms with E-state index in [2.05, 4.69) is 184 Å². The van der Waals surface area contributed by atoms with Crippen LogP contribution in [0.2, 0.25) is 0 Å². The molecule has 4 heteroatoms. The third kappa shape index (κ3) is 5.49. The molecule has 7 aromatic rings. The molecular formula is C46H38N4. The molecular weight excluding hydrogens is 609 g/mol.